The van der Waals surface area contributed by atoms with Crippen LogP contribution in [0, 0.1) is 0 Å². The molecule has 1 atom stereocenters. The van der Waals surface area contributed by atoms with Gasteiger partial charge in [0.2, 0.25) is 17.3 Å². The highest BCUT2D eigenvalue weighted by molar-refractivity contribution is 7.99. The second kappa shape index (κ2) is 9.13. The molecule has 0 spiro atoms. The number of para-hydroxylation sites is 2. The smallest absolute Gasteiger partial charge is 0.247 e. The van der Waals surface area contributed by atoms with Crippen LogP contribution in [0.3, 0.4) is 0 Å². The van der Waals surface area contributed by atoms with Gasteiger partial charge in [0.15, 0.2) is 5.69 Å². The summed E-state index contributed by atoms with van der Waals surface area (Å²) < 4.78 is 12.3. The predicted molar refractivity (Wildman–Crippen MR) is 115 cm³/mol. The van der Waals surface area contributed by atoms with Crippen molar-refractivity contribution >= 4 is 17.4 Å². The zero-order chi connectivity index (χ0) is 20.1. The van der Waals surface area contributed by atoms with E-state index in [0.29, 0.717) is 23.3 Å². The second-order valence-corrected chi connectivity index (χ2v) is 7.73. The second-order valence-electron chi connectivity index (χ2n) is 6.67. The highest BCUT2D eigenvalue weighted by Crippen LogP contribution is 2.41. The van der Waals surface area contributed by atoms with Crippen molar-refractivity contribution in [1.82, 2.24) is 15.2 Å². The third kappa shape index (κ3) is 4.29. The normalized spacial score (nSPS) is 14.8. The van der Waals surface area contributed by atoms with Crippen LogP contribution in [0.1, 0.15) is 38.5 Å². The summed E-state index contributed by atoms with van der Waals surface area (Å²) >= 11 is 1.58. The van der Waals surface area contributed by atoms with Crippen LogP contribution in [0.25, 0.3) is 11.3 Å². The van der Waals surface area contributed by atoms with Crippen molar-refractivity contribution in [2.24, 2.45) is 0 Å². The van der Waals surface area contributed by atoms with Crippen LogP contribution in [-0.4, -0.2) is 27.5 Å². The Morgan fingerprint density at radius 3 is 2.72 bits per heavy atom. The maximum Gasteiger partial charge on any atom is 0.247 e. The van der Waals surface area contributed by atoms with Crippen molar-refractivity contribution in [3.63, 3.8) is 0 Å². The molecule has 1 N–H and O–H groups in total. The molecule has 0 fully saturated rings. The van der Waals surface area contributed by atoms with Crippen molar-refractivity contribution in [2.75, 3.05) is 17.7 Å². The van der Waals surface area contributed by atoms with Gasteiger partial charge in [-0.15, -0.1) is 10.2 Å². The molecule has 0 bridgehead atoms. The van der Waals surface area contributed by atoms with Crippen molar-refractivity contribution in [3.8, 4) is 22.9 Å². The van der Waals surface area contributed by atoms with Gasteiger partial charge in [-0.25, -0.2) is 0 Å². The number of nitrogens with one attached hydrogen (secondary N) is 1. The molecule has 0 saturated heterocycles. The SMILES string of the molecule is CCCOc1ccccc1[C@@H]1Nc2ccccc2-c2nnc(SCCC)nc2O1. The minimum atomic E-state index is -0.453. The molecule has 0 aliphatic carbocycles. The molecule has 7 heteroatoms. The Hall–Kier alpha value is -2.80. The molecule has 0 radical (unpaired) electrons. The standard InChI is InChI=1S/C22H24N4O2S/c1-3-13-27-18-12-8-6-10-16(18)20-23-17-11-7-5-9-15(17)19-21(28-20)24-22(26-25-19)29-14-4-2/h5-12,20,23H,3-4,13-14H2,1-2H3/t20-/m1/s1. The van der Waals surface area contributed by atoms with Gasteiger partial charge < -0.3 is 14.8 Å². The summed E-state index contributed by atoms with van der Waals surface area (Å²) in [4.78, 5) is 4.66. The van der Waals surface area contributed by atoms with Gasteiger partial charge >= 0.3 is 0 Å². The Labute approximate surface area is 175 Å². The van der Waals surface area contributed by atoms with Crippen LogP contribution in [0.2, 0.25) is 0 Å². The molecule has 4 rings (SSSR count). The lowest BCUT2D eigenvalue weighted by Crippen LogP contribution is -2.18. The van der Waals surface area contributed by atoms with Gasteiger partial charge in [-0.2, -0.15) is 4.98 Å². The predicted octanol–water partition coefficient (Wildman–Crippen LogP) is 5.33. The van der Waals surface area contributed by atoms with Crippen LogP contribution >= 0.6 is 11.8 Å². The Balaban J connectivity index is 1.76. The van der Waals surface area contributed by atoms with E-state index in [-0.39, 0.29) is 0 Å². The Morgan fingerprint density at radius 1 is 1.03 bits per heavy atom. The van der Waals surface area contributed by atoms with E-state index in [1.54, 1.807) is 11.8 Å². The number of aromatic nitrogens is 3. The average molecular weight is 409 g/mol. The van der Waals surface area contributed by atoms with Gasteiger partial charge in [0, 0.05) is 17.0 Å². The first-order chi connectivity index (χ1) is 14.3. The first-order valence-corrected chi connectivity index (χ1v) is 10.9. The Bertz CT molecular complexity index is 983. The quantitative estimate of drug-likeness (QED) is 0.530. The van der Waals surface area contributed by atoms with E-state index in [2.05, 4.69) is 34.3 Å². The molecule has 1 aromatic heterocycles. The molecule has 2 aromatic carbocycles. The van der Waals surface area contributed by atoms with E-state index >= 15 is 0 Å². The molecule has 0 amide bonds. The molecule has 3 aromatic rings. The zero-order valence-corrected chi connectivity index (χ0v) is 17.4. The van der Waals surface area contributed by atoms with E-state index < -0.39 is 6.23 Å². The number of rotatable bonds is 7. The van der Waals surface area contributed by atoms with Crippen LogP contribution in [0.5, 0.6) is 11.6 Å². The summed E-state index contributed by atoms with van der Waals surface area (Å²) in [5.74, 6) is 2.22. The maximum atomic E-state index is 6.35. The summed E-state index contributed by atoms with van der Waals surface area (Å²) in [6, 6.07) is 15.9. The Morgan fingerprint density at radius 2 is 1.86 bits per heavy atom. The van der Waals surface area contributed by atoms with Gasteiger partial charge in [0.05, 0.1) is 12.2 Å². The number of ether oxygens (including phenoxy) is 2. The van der Waals surface area contributed by atoms with Gasteiger partial charge in [-0.1, -0.05) is 55.9 Å². The Kier molecular flexibility index (Phi) is 6.14. The molecule has 6 nitrogen and oxygen atoms in total. The number of hydrogen-bond acceptors (Lipinski definition) is 7. The third-order valence-corrected chi connectivity index (χ3v) is 5.48. The average Bonchev–Trinajstić information content (AvgIpc) is 2.92. The van der Waals surface area contributed by atoms with Crippen LogP contribution in [0.15, 0.2) is 53.7 Å². The number of anilines is 1. The van der Waals surface area contributed by atoms with E-state index in [9.17, 15) is 0 Å². The van der Waals surface area contributed by atoms with Crippen molar-refractivity contribution in [3.05, 3.63) is 54.1 Å². The fourth-order valence-electron chi connectivity index (χ4n) is 3.08. The van der Waals surface area contributed by atoms with Crippen molar-refractivity contribution in [2.45, 2.75) is 38.1 Å². The van der Waals surface area contributed by atoms with Crippen LogP contribution < -0.4 is 14.8 Å². The lowest BCUT2D eigenvalue weighted by molar-refractivity contribution is 0.215. The minimum absolute atomic E-state index is 0.453. The first kappa shape index (κ1) is 19.5. The molecule has 0 saturated carbocycles. The van der Waals surface area contributed by atoms with Crippen molar-refractivity contribution < 1.29 is 9.47 Å². The van der Waals surface area contributed by atoms with E-state index in [4.69, 9.17) is 9.47 Å². The zero-order valence-electron chi connectivity index (χ0n) is 16.6. The molecule has 29 heavy (non-hydrogen) atoms. The van der Waals surface area contributed by atoms with E-state index in [1.165, 1.54) is 0 Å². The first-order valence-electron chi connectivity index (χ1n) is 9.92. The molecule has 1 aliphatic heterocycles. The molecule has 150 valence electrons. The van der Waals surface area contributed by atoms with Gasteiger partial charge in [0.1, 0.15) is 5.75 Å². The van der Waals surface area contributed by atoms with E-state index in [1.807, 2.05) is 48.5 Å². The highest BCUT2D eigenvalue weighted by atomic mass is 32.2. The largest absolute Gasteiger partial charge is 0.493 e. The third-order valence-electron chi connectivity index (χ3n) is 4.43. The lowest BCUT2D eigenvalue weighted by Gasteiger charge is -2.21. The van der Waals surface area contributed by atoms with Gasteiger partial charge in [0.25, 0.3) is 0 Å². The van der Waals surface area contributed by atoms with Crippen LogP contribution in [0.4, 0.5) is 5.69 Å². The molecular formula is C22H24N4O2S. The summed E-state index contributed by atoms with van der Waals surface area (Å²) in [6.45, 7) is 4.87. The minimum Gasteiger partial charge on any atom is -0.493 e. The monoisotopic (exact) mass is 408 g/mol. The summed E-state index contributed by atoms with van der Waals surface area (Å²) in [5, 5.41) is 12.8. The number of fused-ring (bicyclic) bond motifs is 3. The highest BCUT2D eigenvalue weighted by Gasteiger charge is 2.27. The van der Waals surface area contributed by atoms with Gasteiger partial charge in [-0.05, 0) is 31.0 Å². The van der Waals surface area contributed by atoms with Crippen molar-refractivity contribution in [1.29, 1.82) is 0 Å². The van der Waals surface area contributed by atoms with E-state index in [0.717, 1.165) is 41.2 Å². The molecule has 1 aliphatic rings. The number of thioether (sulfide) groups is 1. The lowest BCUT2D eigenvalue weighted by atomic mass is 10.1. The number of nitrogens with zero attached hydrogens (tertiary/aromatic N) is 3. The van der Waals surface area contributed by atoms with Crippen LogP contribution in [-0.2, 0) is 0 Å². The molecule has 0 unspecified atom stereocenters. The summed E-state index contributed by atoms with van der Waals surface area (Å²) in [5.41, 5.74) is 3.41. The summed E-state index contributed by atoms with van der Waals surface area (Å²) in [6.07, 6.45) is 1.53. The fourth-order valence-corrected chi connectivity index (χ4v) is 3.72. The molecule has 2 heterocycles. The maximum absolute atomic E-state index is 6.35. The van der Waals surface area contributed by atoms with Gasteiger partial charge in [-0.3, -0.25) is 0 Å². The fraction of sp³-hybridized carbons (Fsp3) is 0.318. The topological polar surface area (TPSA) is 69.2 Å². The number of hydrogen-bond donors (Lipinski definition) is 1. The number of benzene rings is 2. The summed E-state index contributed by atoms with van der Waals surface area (Å²) in [7, 11) is 0. The molecular weight excluding hydrogens is 384 g/mol.